The molecule has 3 aliphatic carbocycles. The van der Waals surface area contributed by atoms with Gasteiger partial charge in [0.1, 0.15) is 0 Å². The highest BCUT2D eigenvalue weighted by Crippen LogP contribution is 2.66. The third-order valence-corrected chi connectivity index (χ3v) is 11.1. The number of hydrogen-bond acceptors (Lipinski definition) is 4. The molecular formula is C30H44N2O4. The van der Waals surface area contributed by atoms with Gasteiger partial charge in [-0.2, -0.15) is 0 Å². The number of piperidine rings is 1. The molecule has 2 amide bonds. The van der Waals surface area contributed by atoms with Gasteiger partial charge in [-0.3, -0.25) is 9.59 Å². The summed E-state index contributed by atoms with van der Waals surface area (Å²) < 4.78 is 10.7. The van der Waals surface area contributed by atoms with E-state index < -0.39 is 0 Å². The van der Waals surface area contributed by atoms with Crippen LogP contribution in [0.4, 0.5) is 0 Å². The topological polar surface area (TPSA) is 67.9 Å². The van der Waals surface area contributed by atoms with Gasteiger partial charge in [-0.25, -0.2) is 0 Å². The van der Waals surface area contributed by atoms with Gasteiger partial charge in [-0.05, 0) is 97.1 Å². The third kappa shape index (κ3) is 4.09. The van der Waals surface area contributed by atoms with Crippen molar-refractivity contribution in [2.45, 2.75) is 77.7 Å². The number of amides is 2. The molecule has 1 aromatic carbocycles. The second-order valence-electron chi connectivity index (χ2n) is 12.5. The fourth-order valence-electron chi connectivity index (χ4n) is 9.07. The van der Waals surface area contributed by atoms with Crippen molar-refractivity contribution in [2.24, 2.45) is 34.5 Å². The van der Waals surface area contributed by atoms with Crippen molar-refractivity contribution >= 4 is 11.8 Å². The first-order valence-electron chi connectivity index (χ1n) is 13.9. The molecule has 1 heterocycles. The summed E-state index contributed by atoms with van der Waals surface area (Å²) in [6.45, 7) is 5.77. The average molecular weight is 497 g/mol. The van der Waals surface area contributed by atoms with Gasteiger partial charge in [0.05, 0.1) is 20.6 Å². The summed E-state index contributed by atoms with van der Waals surface area (Å²) in [7, 11) is 5.27. The fourth-order valence-corrected chi connectivity index (χ4v) is 9.07. The zero-order valence-electron chi connectivity index (χ0n) is 22.8. The maximum absolute atomic E-state index is 12.9. The van der Waals surface area contributed by atoms with Crippen molar-refractivity contribution in [1.29, 1.82) is 0 Å². The normalized spacial score (nSPS) is 37.5. The molecule has 6 heteroatoms. The molecule has 198 valence electrons. The van der Waals surface area contributed by atoms with E-state index in [0.29, 0.717) is 47.6 Å². The van der Waals surface area contributed by atoms with Gasteiger partial charge in [-0.1, -0.05) is 19.9 Å². The first-order chi connectivity index (χ1) is 17.2. The first-order valence-corrected chi connectivity index (χ1v) is 13.9. The summed E-state index contributed by atoms with van der Waals surface area (Å²) in [5.41, 5.74) is 1.50. The second-order valence-corrected chi connectivity index (χ2v) is 12.5. The van der Waals surface area contributed by atoms with E-state index in [1.54, 1.807) is 14.2 Å². The smallest absolute Gasteiger partial charge is 0.224 e. The van der Waals surface area contributed by atoms with Gasteiger partial charge in [0.2, 0.25) is 11.8 Å². The number of ether oxygens (including phenoxy) is 2. The van der Waals surface area contributed by atoms with Gasteiger partial charge in [0.15, 0.2) is 11.5 Å². The fraction of sp³-hybridized carbons (Fsp3) is 0.733. The number of methoxy groups -OCH3 is 2. The number of benzene rings is 1. The van der Waals surface area contributed by atoms with Crippen LogP contribution < -0.4 is 14.8 Å². The van der Waals surface area contributed by atoms with Crippen LogP contribution in [-0.4, -0.2) is 50.6 Å². The van der Waals surface area contributed by atoms with Gasteiger partial charge >= 0.3 is 0 Å². The third-order valence-electron chi connectivity index (χ3n) is 11.1. The molecule has 0 aromatic heterocycles. The van der Waals surface area contributed by atoms with Crippen molar-refractivity contribution < 1.29 is 19.1 Å². The van der Waals surface area contributed by atoms with Crippen LogP contribution in [0.25, 0.3) is 0 Å². The summed E-state index contributed by atoms with van der Waals surface area (Å²) in [5, 5.41) is 3.28. The van der Waals surface area contributed by atoms with Crippen molar-refractivity contribution in [2.75, 3.05) is 27.8 Å². The number of hydrogen-bond donors (Lipinski definition) is 1. The van der Waals surface area contributed by atoms with Crippen LogP contribution in [-0.2, 0) is 16.0 Å². The number of fused-ring (bicyclic) bond motifs is 5. The molecule has 4 aliphatic rings. The monoisotopic (exact) mass is 496 g/mol. The lowest BCUT2D eigenvalue weighted by Gasteiger charge is -2.61. The molecule has 0 spiro atoms. The Morgan fingerprint density at radius 1 is 1.00 bits per heavy atom. The number of nitrogens with one attached hydrogen (secondary N) is 1. The summed E-state index contributed by atoms with van der Waals surface area (Å²) in [6.07, 6.45) is 9.52. The number of carbonyl (C=O) groups excluding carboxylic acids is 2. The number of nitrogens with zero attached hydrogens (tertiary/aromatic N) is 1. The Labute approximate surface area is 216 Å². The minimum absolute atomic E-state index is 0.0749. The van der Waals surface area contributed by atoms with E-state index in [1.807, 2.05) is 25.2 Å². The van der Waals surface area contributed by atoms with Crippen LogP contribution in [0.5, 0.6) is 11.5 Å². The molecule has 0 unspecified atom stereocenters. The molecule has 7 atom stereocenters. The molecule has 36 heavy (non-hydrogen) atoms. The predicted molar refractivity (Wildman–Crippen MR) is 140 cm³/mol. The first kappa shape index (κ1) is 25.4. The van der Waals surface area contributed by atoms with E-state index in [1.165, 1.54) is 32.1 Å². The molecule has 6 nitrogen and oxygen atoms in total. The molecule has 1 N–H and O–H groups in total. The Morgan fingerprint density at radius 2 is 1.75 bits per heavy atom. The average Bonchev–Trinajstić information content (AvgIpc) is 3.21. The van der Waals surface area contributed by atoms with Crippen molar-refractivity contribution in [1.82, 2.24) is 10.2 Å². The molecule has 1 aliphatic heterocycles. The zero-order valence-corrected chi connectivity index (χ0v) is 22.8. The Balaban J connectivity index is 1.22. The Hall–Kier alpha value is -2.24. The van der Waals surface area contributed by atoms with E-state index in [9.17, 15) is 9.59 Å². The molecule has 4 fully saturated rings. The van der Waals surface area contributed by atoms with E-state index in [4.69, 9.17) is 9.47 Å². The Kier molecular flexibility index (Phi) is 6.76. The molecule has 5 rings (SSSR count). The van der Waals surface area contributed by atoms with E-state index in [0.717, 1.165) is 42.7 Å². The lowest BCUT2D eigenvalue weighted by molar-refractivity contribution is -0.158. The lowest BCUT2D eigenvalue weighted by atomic mass is 9.47. The van der Waals surface area contributed by atoms with Crippen LogP contribution in [0.3, 0.4) is 0 Å². The molecule has 1 aromatic rings. The summed E-state index contributed by atoms with van der Waals surface area (Å²) in [4.78, 5) is 27.4. The van der Waals surface area contributed by atoms with Gasteiger partial charge in [0.25, 0.3) is 0 Å². The van der Waals surface area contributed by atoms with Crippen LogP contribution in [0.1, 0.15) is 70.8 Å². The molecule has 1 saturated heterocycles. The quantitative estimate of drug-likeness (QED) is 0.612. The largest absolute Gasteiger partial charge is 0.493 e. The highest BCUT2D eigenvalue weighted by molar-refractivity contribution is 5.79. The van der Waals surface area contributed by atoms with Crippen LogP contribution >= 0.6 is 0 Å². The Morgan fingerprint density at radius 3 is 2.50 bits per heavy atom. The lowest BCUT2D eigenvalue weighted by Crippen LogP contribution is -2.61. The van der Waals surface area contributed by atoms with Crippen LogP contribution in [0, 0.1) is 34.5 Å². The highest BCUT2D eigenvalue weighted by atomic mass is 16.5. The Bertz CT molecular complexity index is 1010. The minimum atomic E-state index is 0.0749. The van der Waals surface area contributed by atoms with Crippen molar-refractivity contribution in [3.05, 3.63) is 23.8 Å². The summed E-state index contributed by atoms with van der Waals surface area (Å²) in [6, 6.07) is 6.09. The molecule has 3 saturated carbocycles. The van der Waals surface area contributed by atoms with E-state index >= 15 is 0 Å². The molecule has 0 bridgehead atoms. The summed E-state index contributed by atoms with van der Waals surface area (Å²) in [5.74, 6) is 4.51. The van der Waals surface area contributed by atoms with Crippen molar-refractivity contribution in [3.63, 3.8) is 0 Å². The summed E-state index contributed by atoms with van der Waals surface area (Å²) >= 11 is 0. The number of likely N-dealkylation sites (tertiary alicyclic amines) is 1. The number of rotatable bonds is 6. The molecular weight excluding hydrogens is 452 g/mol. The number of carbonyl (C=O) groups is 2. The predicted octanol–water partition coefficient (Wildman–Crippen LogP) is 4.84. The standard InChI is InChI=1S/C30H44N2O4/c1-29-14-12-23-21(8-11-26-30(23,2)15-13-28(34)32(26)3)22(29)9-7-20(29)18-31-27(33)17-19-6-10-24(35-4)25(16-19)36-5/h6,10,16,20-23,26H,7-9,11-15,17-18H2,1-5H3,(H,31,33)/t20-,21+,22+,23+,26-,29-,30-/m1/s1. The van der Waals surface area contributed by atoms with Gasteiger partial charge in [-0.15, -0.1) is 0 Å². The maximum atomic E-state index is 12.9. The van der Waals surface area contributed by atoms with Gasteiger partial charge < -0.3 is 19.7 Å². The molecule has 0 radical (unpaired) electrons. The van der Waals surface area contributed by atoms with Gasteiger partial charge in [0, 0.05) is 26.1 Å². The highest BCUT2D eigenvalue weighted by Gasteiger charge is 2.60. The second kappa shape index (κ2) is 9.57. The van der Waals surface area contributed by atoms with Crippen LogP contribution in [0.15, 0.2) is 18.2 Å². The van der Waals surface area contributed by atoms with Crippen molar-refractivity contribution in [3.8, 4) is 11.5 Å². The van der Waals surface area contributed by atoms with Crippen LogP contribution in [0.2, 0.25) is 0 Å². The van der Waals surface area contributed by atoms with E-state index in [2.05, 4.69) is 24.1 Å². The maximum Gasteiger partial charge on any atom is 0.224 e. The van der Waals surface area contributed by atoms with E-state index in [-0.39, 0.29) is 11.3 Å². The SMILES string of the molecule is COc1ccc(CC(=O)NC[C@H]2CC[C@H]3[C@@H]4CC[C@H]5N(C)C(=O)CC[C@]5(C)[C@H]4CC[C@]23C)cc1OC. The minimum Gasteiger partial charge on any atom is -0.493 e. The zero-order chi connectivity index (χ0) is 25.7.